The average Bonchev–Trinajstić information content (AvgIpc) is 2.47. The van der Waals surface area contributed by atoms with Gasteiger partial charge < -0.3 is 15.2 Å². The van der Waals surface area contributed by atoms with Gasteiger partial charge in [0.25, 0.3) is 0 Å². The van der Waals surface area contributed by atoms with Crippen molar-refractivity contribution >= 4 is 5.78 Å². The van der Waals surface area contributed by atoms with E-state index in [0.29, 0.717) is 23.7 Å². The number of carbonyl (C=O) groups is 1. The molecule has 1 atom stereocenters. The third-order valence-electron chi connectivity index (χ3n) is 3.51. The number of nitrogens with zero attached hydrogens (tertiary/aromatic N) is 1. The number of ether oxygens (including phenoxy) is 2. The summed E-state index contributed by atoms with van der Waals surface area (Å²) in [5.74, 6) is 0.346. The van der Waals surface area contributed by atoms with Crippen molar-refractivity contribution in [1.29, 1.82) is 5.26 Å². The molecule has 0 aromatic heterocycles. The van der Waals surface area contributed by atoms with Gasteiger partial charge in [-0.1, -0.05) is 18.2 Å². The van der Waals surface area contributed by atoms with Gasteiger partial charge in [-0.15, -0.1) is 0 Å². The molecule has 0 bridgehead atoms. The smallest absolute Gasteiger partial charge is 0.205 e. The van der Waals surface area contributed by atoms with Crippen LogP contribution >= 0.6 is 0 Å². The minimum atomic E-state index is -0.570. The molecule has 0 saturated heterocycles. The van der Waals surface area contributed by atoms with E-state index in [2.05, 4.69) is 6.07 Å². The molecule has 1 aromatic carbocycles. The summed E-state index contributed by atoms with van der Waals surface area (Å²) in [5.41, 5.74) is 7.23. The minimum absolute atomic E-state index is 0.0290. The maximum Gasteiger partial charge on any atom is 0.205 e. The molecule has 5 heteroatoms. The number of ketones is 1. The van der Waals surface area contributed by atoms with Gasteiger partial charge in [0.05, 0.1) is 12.5 Å². The molecule has 0 saturated carbocycles. The second kappa shape index (κ2) is 6.35. The molecule has 0 fully saturated rings. The Bertz CT molecular complexity index is 711. The van der Waals surface area contributed by atoms with E-state index in [0.717, 1.165) is 5.56 Å². The topological polar surface area (TPSA) is 85.3 Å². The summed E-state index contributed by atoms with van der Waals surface area (Å²) in [7, 11) is 0. The Morgan fingerprint density at radius 2 is 2.14 bits per heavy atom. The lowest BCUT2D eigenvalue weighted by Gasteiger charge is -2.27. The highest BCUT2D eigenvalue weighted by Gasteiger charge is 2.35. The Kier molecular flexibility index (Phi) is 4.52. The molecule has 0 radical (unpaired) electrons. The first kappa shape index (κ1) is 15.6. The van der Waals surface area contributed by atoms with Crippen molar-refractivity contribution in [3.63, 3.8) is 0 Å². The van der Waals surface area contributed by atoms with E-state index in [9.17, 15) is 10.1 Å². The second-order valence-electron chi connectivity index (χ2n) is 4.92. The normalized spacial score (nSPS) is 17.8. The van der Waals surface area contributed by atoms with E-state index in [1.54, 1.807) is 6.92 Å². The first-order valence-corrected chi connectivity index (χ1v) is 7.02. The van der Waals surface area contributed by atoms with E-state index in [-0.39, 0.29) is 17.2 Å². The molecular weight excluding hydrogens is 280 g/mol. The Morgan fingerprint density at radius 1 is 1.45 bits per heavy atom. The molecule has 5 nitrogen and oxygen atoms in total. The molecule has 1 aliphatic rings. The molecule has 1 aromatic rings. The van der Waals surface area contributed by atoms with Crippen LogP contribution in [0.15, 0.2) is 47.1 Å². The number of hydrogen-bond donors (Lipinski definition) is 1. The van der Waals surface area contributed by atoms with E-state index in [1.807, 2.05) is 31.2 Å². The molecule has 114 valence electrons. The maximum atomic E-state index is 12.1. The minimum Gasteiger partial charge on any atom is -0.494 e. The summed E-state index contributed by atoms with van der Waals surface area (Å²) in [6.45, 7) is 5.49. The summed E-state index contributed by atoms with van der Waals surface area (Å²) in [6, 6.07) is 9.39. The van der Waals surface area contributed by atoms with Crippen molar-refractivity contribution in [3.05, 3.63) is 52.6 Å². The van der Waals surface area contributed by atoms with Crippen molar-refractivity contribution in [1.82, 2.24) is 0 Å². The van der Waals surface area contributed by atoms with Crippen molar-refractivity contribution in [3.8, 4) is 11.8 Å². The number of Topliss-reactive ketones (excluding diaryl/α,β-unsaturated/α-hetero) is 1. The van der Waals surface area contributed by atoms with Crippen LogP contribution in [0.1, 0.15) is 32.3 Å². The fourth-order valence-corrected chi connectivity index (χ4v) is 2.65. The molecule has 2 rings (SSSR count). The van der Waals surface area contributed by atoms with Crippen LogP contribution in [0.3, 0.4) is 0 Å². The van der Waals surface area contributed by atoms with E-state index >= 15 is 0 Å². The second-order valence-corrected chi connectivity index (χ2v) is 4.92. The summed E-state index contributed by atoms with van der Waals surface area (Å²) < 4.78 is 11.0. The molecular formula is C17H18N2O3. The number of hydrogen-bond acceptors (Lipinski definition) is 5. The number of nitrogens with two attached hydrogens (primary N) is 1. The van der Waals surface area contributed by atoms with Crippen molar-refractivity contribution in [2.75, 3.05) is 6.61 Å². The van der Waals surface area contributed by atoms with Gasteiger partial charge in [0, 0.05) is 11.1 Å². The molecule has 0 amide bonds. The summed E-state index contributed by atoms with van der Waals surface area (Å²) in [4.78, 5) is 12.1. The fourth-order valence-electron chi connectivity index (χ4n) is 2.65. The van der Waals surface area contributed by atoms with Crippen LogP contribution in [0, 0.1) is 11.3 Å². The Hall–Kier alpha value is -2.74. The summed E-state index contributed by atoms with van der Waals surface area (Å²) >= 11 is 0. The predicted molar refractivity (Wildman–Crippen MR) is 81.6 cm³/mol. The van der Waals surface area contributed by atoms with E-state index in [1.165, 1.54) is 6.92 Å². The van der Waals surface area contributed by atoms with Crippen molar-refractivity contribution in [2.45, 2.75) is 26.7 Å². The van der Waals surface area contributed by atoms with Crippen LogP contribution < -0.4 is 10.5 Å². The van der Waals surface area contributed by atoms with Gasteiger partial charge in [0.2, 0.25) is 5.88 Å². The molecule has 1 aliphatic heterocycles. The van der Waals surface area contributed by atoms with Gasteiger partial charge in [-0.3, -0.25) is 4.79 Å². The van der Waals surface area contributed by atoms with Gasteiger partial charge >= 0.3 is 0 Å². The number of benzene rings is 1. The highest BCUT2D eigenvalue weighted by atomic mass is 16.5. The molecule has 0 aliphatic carbocycles. The molecule has 0 unspecified atom stereocenters. The third kappa shape index (κ3) is 2.68. The van der Waals surface area contributed by atoms with Gasteiger partial charge in [0.1, 0.15) is 23.2 Å². The zero-order chi connectivity index (χ0) is 16.3. The lowest BCUT2D eigenvalue weighted by atomic mass is 9.81. The monoisotopic (exact) mass is 298 g/mol. The van der Waals surface area contributed by atoms with Crippen molar-refractivity contribution in [2.24, 2.45) is 5.73 Å². The maximum absolute atomic E-state index is 12.1. The number of nitriles is 1. The predicted octanol–water partition coefficient (Wildman–Crippen LogP) is 2.76. The van der Waals surface area contributed by atoms with Gasteiger partial charge in [-0.2, -0.15) is 5.26 Å². The molecule has 0 spiro atoms. The number of carbonyl (C=O) groups excluding carboxylic acids is 1. The van der Waals surface area contributed by atoms with E-state index in [4.69, 9.17) is 15.2 Å². The Labute approximate surface area is 129 Å². The number of allylic oxidation sites excluding steroid dienone is 3. The van der Waals surface area contributed by atoms with E-state index < -0.39 is 5.92 Å². The largest absolute Gasteiger partial charge is 0.494 e. The van der Waals surface area contributed by atoms with Gasteiger partial charge in [0.15, 0.2) is 5.78 Å². The Balaban J connectivity index is 2.69. The third-order valence-corrected chi connectivity index (χ3v) is 3.51. The zero-order valence-electron chi connectivity index (χ0n) is 12.8. The summed E-state index contributed by atoms with van der Waals surface area (Å²) in [5, 5.41) is 9.46. The van der Waals surface area contributed by atoms with Crippen molar-refractivity contribution < 1.29 is 14.3 Å². The van der Waals surface area contributed by atoms with Gasteiger partial charge in [-0.05, 0) is 26.8 Å². The fraction of sp³-hybridized carbons (Fsp3) is 0.294. The lowest BCUT2D eigenvalue weighted by Crippen LogP contribution is -2.23. The van der Waals surface area contributed by atoms with Crippen LogP contribution in [0.5, 0.6) is 5.75 Å². The van der Waals surface area contributed by atoms with Gasteiger partial charge in [-0.25, -0.2) is 0 Å². The number of rotatable bonds is 4. The standard InChI is InChI=1S/C17H18N2O3/c1-4-21-14-8-6-5-7-12(14)16-13(9-18)17(19)22-11(3)15(16)10(2)20/h5-8,16H,4,19H2,1-3H3/t16-/m1/s1. The zero-order valence-corrected chi connectivity index (χ0v) is 12.8. The number of para-hydroxylation sites is 1. The SMILES string of the molecule is CCOc1ccccc1[C@@H]1C(C#N)=C(N)OC(C)=C1C(C)=O. The summed E-state index contributed by atoms with van der Waals surface area (Å²) in [6.07, 6.45) is 0. The van der Waals surface area contributed by atoms with Crippen LogP contribution in [0.2, 0.25) is 0 Å². The Morgan fingerprint density at radius 3 is 2.73 bits per heavy atom. The molecule has 22 heavy (non-hydrogen) atoms. The first-order valence-electron chi connectivity index (χ1n) is 7.02. The van der Waals surface area contributed by atoms with Crippen LogP contribution in [0.25, 0.3) is 0 Å². The molecule has 2 N–H and O–H groups in total. The van der Waals surface area contributed by atoms with Crippen LogP contribution in [0.4, 0.5) is 0 Å². The average molecular weight is 298 g/mol. The lowest BCUT2D eigenvalue weighted by molar-refractivity contribution is -0.114. The first-order chi connectivity index (χ1) is 10.5. The highest BCUT2D eigenvalue weighted by molar-refractivity contribution is 5.97. The highest BCUT2D eigenvalue weighted by Crippen LogP contribution is 2.42. The van der Waals surface area contributed by atoms with Crippen LogP contribution in [-0.4, -0.2) is 12.4 Å². The van der Waals surface area contributed by atoms with Crippen LogP contribution in [-0.2, 0) is 9.53 Å². The quantitative estimate of drug-likeness (QED) is 0.923. The molecule has 1 heterocycles.